The van der Waals surface area contributed by atoms with Crippen molar-refractivity contribution in [3.8, 4) is 0 Å². The Morgan fingerprint density at radius 3 is 2.15 bits per heavy atom. The van der Waals surface area contributed by atoms with E-state index in [1.54, 1.807) is 0 Å². The fourth-order valence-electron chi connectivity index (χ4n) is 5.33. The molecule has 0 aromatic heterocycles. The first-order valence-corrected chi connectivity index (χ1v) is 8.55. The maximum atomic E-state index is 12.8. The Labute approximate surface area is 122 Å². The molecule has 0 unspecified atom stereocenters. The molecule has 0 saturated heterocycles. The molecule has 0 aromatic carbocycles. The van der Waals surface area contributed by atoms with Gasteiger partial charge in [0.05, 0.1) is 0 Å². The number of hydrogen-bond acceptors (Lipinski definition) is 2. The van der Waals surface area contributed by atoms with Gasteiger partial charge in [0.25, 0.3) is 0 Å². The van der Waals surface area contributed by atoms with E-state index in [0.717, 1.165) is 37.6 Å². The van der Waals surface area contributed by atoms with Crippen LogP contribution in [0.25, 0.3) is 0 Å². The lowest BCUT2D eigenvalue weighted by Gasteiger charge is -2.54. The summed E-state index contributed by atoms with van der Waals surface area (Å²) in [5.74, 6) is 4.03. The number of aliphatic hydroxyl groups is 1. The molecule has 0 aliphatic heterocycles. The smallest absolute Gasteiger partial charge is 0.225 e. The molecule has 20 heavy (non-hydrogen) atoms. The molecule has 4 fully saturated rings. The highest BCUT2D eigenvalue weighted by molar-refractivity contribution is 5.79. The number of amides is 1. The van der Waals surface area contributed by atoms with Crippen molar-refractivity contribution < 1.29 is 9.90 Å². The molecule has 0 atom stereocenters. The van der Waals surface area contributed by atoms with Crippen LogP contribution in [0, 0.1) is 29.6 Å². The van der Waals surface area contributed by atoms with E-state index in [4.69, 9.17) is 5.11 Å². The summed E-state index contributed by atoms with van der Waals surface area (Å²) >= 11 is 0. The first-order valence-electron chi connectivity index (χ1n) is 8.55. The van der Waals surface area contributed by atoms with Crippen LogP contribution in [0.2, 0.25) is 0 Å². The van der Waals surface area contributed by atoms with Gasteiger partial charge in [0, 0.05) is 26.1 Å². The van der Waals surface area contributed by atoms with Gasteiger partial charge < -0.3 is 10.0 Å². The molecule has 4 bridgehead atoms. The van der Waals surface area contributed by atoms with E-state index in [1.165, 1.54) is 32.1 Å². The van der Waals surface area contributed by atoms with Gasteiger partial charge in [0.2, 0.25) is 5.91 Å². The highest BCUT2D eigenvalue weighted by atomic mass is 16.2. The number of carbonyl (C=O) groups is 1. The van der Waals surface area contributed by atoms with Crippen molar-refractivity contribution in [1.29, 1.82) is 0 Å². The van der Waals surface area contributed by atoms with Gasteiger partial charge in [-0.2, -0.15) is 0 Å². The zero-order valence-electron chi connectivity index (χ0n) is 12.8. The summed E-state index contributed by atoms with van der Waals surface area (Å²) < 4.78 is 0. The maximum absolute atomic E-state index is 12.8. The monoisotopic (exact) mass is 279 g/mol. The molecule has 4 aliphatic rings. The highest BCUT2D eigenvalue weighted by Gasteiger charge is 2.51. The third-order valence-electron chi connectivity index (χ3n) is 6.04. The Hall–Kier alpha value is -0.570. The second-order valence-electron chi connectivity index (χ2n) is 7.50. The van der Waals surface area contributed by atoms with E-state index in [1.807, 2.05) is 11.9 Å². The SMILES string of the molecule is CN(CCCCCO)C(=O)C1C2CC3CC(C2)CC1C3. The molecule has 4 aliphatic carbocycles. The van der Waals surface area contributed by atoms with Crippen LogP contribution in [0.5, 0.6) is 0 Å². The zero-order valence-corrected chi connectivity index (χ0v) is 12.8. The van der Waals surface area contributed by atoms with Crippen LogP contribution < -0.4 is 0 Å². The van der Waals surface area contributed by atoms with E-state index < -0.39 is 0 Å². The second-order valence-corrected chi connectivity index (χ2v) is 7.50. The van der Waals surface area contributed by atoms with Crippen LogP contribution in [-0.4, -0.2) is 36.1 Å². The molecule has 1 N–H and O–H groups in total. The quantitative estimate of drug-likeness (QED) is 0.759. The number of carbonyl (C=O) groups excluding carboxylic acids is 1. The summed E-state index contributed by atoms with van der Waals surface area (Å²) in [6.07, 6.45) is 9.64. The minimum atomic E-state index is 0.271. The third-order valence-corrected chi connectivity index (χ3v) is 6.04. The van der Waals surface area contributed by atoms with E-state index >= 15 is 0 Å². The molecule has 4 rings (SSSR count). The van der Waals surface area contributed by atoms with Gasteiger partial charge in [-0.05, 0) is 75.0 Å². The number of nitrogens with zero attached hydrogens (tertiary/aromatic N) is 1. The lowest BCUT2D eigenvalue weighted by Crippen LogP contribution is -2.51. The highest BCUT2D eigenvalue weighted by Crippen LogP contribution is 2.56. The summed E-state index contributed by atoms with van der Waals surface area (Å²) in [6.45, 7) is 1.13. The van der Waals surface area contributed by atoms with Crippen molar-refractivity contribution in [3.05, 3.63) is 0 Å². The molecule has 114 valence electrons. The van der Waals surface area contributed by atoms with Gasteiger partial charge in [-0.25, -0.2) is 0 Å². The van der Waals surface area contributed by atoms with E-state index in [0.29, 0.717) is 23.7 Å². The number of hydrogen-bond donors (Lipinski definition) is 1. The molecular formula is C17H29NO2. The van der Waals surface area contributed by atoms with Crippen molar-refractivity contribution >= 4 is 5.91 Å². The average Bonchev–Trinajstić information content (AvgIpc) is 2.42. The third kappa shape index (κ3) is 2.74. The van der Waals surface area contributed by atoms with Crippen LogP contribution in [0.15, 0.2) is 0 Å². The number of aliphatic hydroxyl groups excluding tert-OH is 1. The van der Waals surface area contributed by atoms with Gasteiger partial charge in [-0.3, -0.25) is 4.79 Å². The molecule has 0 aromatic rings. The van der Waals surface area contributed by atoms with E-state index in [9.17, 15) is 4.79 Å². The van der Waals surface area contributed by atoms with Crippen LogP contribution in [0.3, 0.4) is 0 Å². The van der Waals surface area contributed by atoms with Crippen molar-refractivity contribution in [1.82, 2.24) is 4.90 Å². The molecule has 3 nitrogen and oxygen atoms in total. The van der Waals surface area contributed by atoms with E-state index in [2.05, 4.69) is 0 Å². The topological polar surface area (TPSA) is 40.5 Å². The van der Waals surface area contributed by atoms with Crippen LogP contribution in [0.4, 0.5) is 0 Å². The Balaban J connectivity index is 1.54. The second kappa shape index (κ2) is 6.05. The summed E-state index contributed by atoms with van der Waals surface area (Å²) in [5.41, 5.74) is 0. The lowest BCUT2D eigenvalue weighted by molar-refractivity contribution is -0.147. The largest absolute Gasteiger partial charge is 0.396 e. The van der Waals surface area contributed by atoms with Gasteiger partial charge in [-0.1, -0.05) is 0 Å². The van der Waals surface area contributed by atoms with Gasteiger partial charge in [0.15, 0.2) is 0 Å². The molecule has 1 amide bonds. The maximum Gasteiger partial charge on any atom is 0.225 e. The van der Waals surface area contributed by atoms with Crippen LogP contribution in [0.1, 0.15) is 51.4 Å². The molecule has 3 heteroatoms. The standard InChI is InChI=1S/C17H29NO2/c1-18(5-3-2-4-6-19)17(20)16-14-8-12-7-13(10-14)11-15(16)9-12/h12-16,19H,2-11H2,1H3. The summed E-state index contributed by atoms with van der Waals surface area (Å²) in [4.78, 5) is 14.7. The number of unbranched alkanes of at least 4 members (excludes halogenated alkanes) is 2. The summed E-state index contributed by atoms with van der Waals surface area (Å²) in [7, 11) is 1.98. The van der Waals surface area contributed by atoms with E-state index in [-0.39, 0.29) is 6.61 Å². The summed E-state index contributed by atoms with van der Waals surface area (Å²) in [6, 6.07) is 0. The fourth-order valence-corrected chi connectivity index (χ4v) is 5.33. The molecule has 4 saturated carbocycles. The predicted molar refractivity (Wildman–Crippen MR) is 79.1 cm³/mol. The number of rotatable bonds is 6. The average molecular weight is 279 g/mol. The molecule has 0 spiro atoms. The summed E-state index contributed by atoms with van der Waals surface area (Å²) in [5, 5.41) is 8.80. The van der Waals surface area contributed by atoms with Crippen molar-refractivity contribution in [3.63, 3.8) is 0 Å². The normalized spacial score (nSPS) is 38.2. The molecule has 0 radical (unpaired) electrons. The first kappa shape index (κ1) is 14.4. The minimum Gasteiger partial charge on any atom is -0.396 e. The van der Waals surface area contributed by atoms with Gasteiger partial charge in [-0.15, -0.1) is 0 Å². The fraction of sp³-hybridized carbons (Fsp3) is 0.941. The Morgan fingerprint density at radius 2 is 1.60 bits per heavy atom. The molecular weight excluding hydrogens is 250 g/mol. The lowest BCUT2D eigenvalue weighted by atomic mass is 9.51. The van der Waals surface area contributed by atoms with Crippen molar-refractivity contribution in [2.75, 3.05) is 20.2 Å². The van der Waals surface area contributed by atoms with Crippen LogP contribution in [-0.2, 0) is 4.79 Å². The Kier molecular flexibility index (Phi) is 4.34. The Bertz CT molecular complexity index is 327. The first-order chi connectivity index (χ1) is 9.69. The Morgan fingerprint density at radius 1 is 1.00 bits per heavy atom. The van der Waals surface area contributed by atoms with Crippen molar-refractivity contribution in [2.45, 2.75) is 51.4 Å². The van der Waals surface area contributed by atoms with Crippen molar-refractivity contribution in [2.24, 2.45) is 29.6 Å². The van der Waals surface area contributed by atoms with Gasteiger partial charge >= 0.3 is 0 Å². The van der Waals surface area contributed by atoms with Crippen LogP contribution >= 0.6 is 0 Å². The molecule has 0 heterocycles. The zero-order chi connectivity index (χ0) is 14.1. The predicted octanol–water partition coefficient (Wildman–Crippen LogP) is 2.68. The minimum absolute atomic E-state index is 0.271. The van der Waals surface area contributed by atoms with Gasteiger partial charge in [0.1, 0.15) is 0 Å².